The lowest BCUT2D eigenvalue weighted by Gasteiger charge is -2.35. The van der Waals surface area contributed by atoms with Crippen LogP contribution in [0.1, 0.15) is 33.1 Å². The number of halogens is 1. The predicted octanol–water partition coefficient (Wildman–Crippen LogP) is 3.00. The van der Waals surface area contributed by atoms with E-state index in [0.29, 0.717) is 43.1 Å². The Morgan fingerprint density at radius 3 is 2.30 bits per heavy atom. The smallest absolute Gasteiger partial charge is 0.254 e. The van der Waals surface area contributed by atoms with Crippen LogP contribution in [0.3, 0.4) is 0 Å². The average Bonchev–Trinajstić information content (AvgIpc) is 3.08. The van der Waals surface area contributed by atoms with Crippen LogP contribution in [0.4, 0.5) is 10.2 Å². The van der Waals surface area contributed by atoms with Crippen molar-refractivity contribution in [3.8, 4) is 5.82 Å². The van der Waals surface area contributed by atoms with Crippen molar-refractivity contribution in [1.82, 2.24) is 24.4 Å². The number of carbonyl (C=O) groups excluding carboxylic acids is 1. The lowest BCUT2D eigenvalue weighted by Crippen LogP contribution is -2.49. The lowest BCUT2D eigenvalue weighted by molar-refractivity contribution is 0.0746. The van der Waals surface area contributed by atoms with Crippen LogP contribution >= 0.6 is 0 Å². The largest absolute Gasteiger partial charge is 0.353 e. The molecule has 1 fully saturated rings. The van der Waals surface area contributed by atoms with Gasteiger partial charge in [-0.05, 0) is 45.4 Å². The molecule has 156 valence electrons. The van der Waals surface area contributed by atoms with Gasteiger partial charge in [0.25, 0.3) is 5.91 Å². The van der Waals surface area contributed by atoms with Gasteiger partial charge in [-0.25, -0.2) is 19.3 Å². The molecule has 2 aromatic heterocycles. The van der Waals surface area contributed by atoms with Gasteiger partial charge in [0, 0.05) is 43.5 Å². The van der Waals surface area contributed by atoms with E-state index in [-0.39, 0.29) is 11.7 Å². The number of nitrogens with zero attached hydrogens (tertiary/aromatic N) is 6. The molecule has 0 N–H and O–H groups in total. The number of aryl methyl sites for hydroxylation is 3. The molecule has 3 aromatic rings. The van der Waals surface area contributed by atoms with Crippen LogP contribution in [-0.2, 0) is 0 Å². The Morgan fingerprint density at radius 1 is 0.967 bits per heavy atom. The molecule has 1 aliphatic rings. The zero-order valence-corrected chi connectivity index (χ0v) is 17.7. The minimum absolute atomic E-state index is 0.141. The van der Waals surface area contributed by atoms with Gasteiger partial charge in [-0.2, -0.15) is 0 Å². The zero-order chi connectivity index (χ0) is 21.4. The maximum absolute atomic E-state index is 13.8. The first-order valence-electron chi connectivity index (χ1n) is 10.0. The zero-order valence-electron chi connectivity index (χ0n) is 17.7. The van der Waals surface area contributed by atoms with Crippen molar-refractivity contribution in [2.75, 3.05) is 31.1 Å². The SMILES string of the molecule is Cc1nc(N2CCN(C(=O)c3ccc(C)c(F)c3)CC2)cc(-n2cnc(C)c2C)n1. The third kappa shape index (κ3) is 3.77. The molecule has 3 heterocycles. The van der Waals surface area contributed by atoms with E-state index in [9.17, 15) is 9.18 Å². The van der Waals surface area contributed by atoms with Crippen molar-refractivity contribution in [1.29, 1.82) is 0 Å². The fourth-order valence-electron chi connectivity index (χ4n) is 3.60. The van der Waals surface area contributed by atoms with Gasteiger partial charge >= 0.3 is 0 Å². The van der Waals surface area contributed by atoms with Gasteiger partial charge < -0.3 is 9.80 Å². The number of piperazine rings is 1. The van der Waals surface area contributed by atoms with Crippen molar-refractivity contribution in [2.45, 2.75) is 27.7 Å². The number of hydrogen-bond acceptors (Lipinski definition) is 5. The highest BCUT2D eigenvalue weighted by Crippen LogP contribution is 2.20. The van der Waals surface area contributed by atoms with Crippen LogP contribution in [0.15, 0.2) is 30.6 Å². The Labute approximate surface area is 175 Å². The van der Waals surface area contributed by atoms with Crippen molar-refractivity contribution >= 4 is 11.7 Å². The number of amides is 1. The van der Waals surface area contributed by atoms with Crippen molar-refractivity contribution < 1.29 is 9.18 Å². The maximum Gasteiger partial charge on any atom is 0.254 e. The number of benzene rings is 1. The highest BCUT2D eigenvalue weighted by atomic mass is 19.1. The van der Waals surface area contributed by atoms with Crippen LogP contribution in [0.2, 0.25) is 0 Å². The normalized spacial score (nSPS) is 14.3. The van der Waals surface area contributed by atoms with E-state index >= 15 is 0 Å². The van der Waals surface area contributed by atoms with E-state index in [1.54, 1.807) is 30.3 Å². The molecular formula is C22H25FN6O. The summed E-state index contributed by atoms with van der Waals surface area (Å²) in [5, 5.41) is 0. The Morgan fingerprint density at radius 2 is 1.67 bits per heavy atom. The van der Waals surface area contributed by atoms with E-state index in [4.69, 9.17) is 0 Å². The minimum Gasteiger partial charge on any atom is -0.353 e. The number of imidazole rings is 1. The highest BCUT2D eigenvalue weighted by Gasteiger charge is 2.24. The third-order valence-corrected chi connectivity index (χ3v) is 5.62. The molecule has 7 nitrogen and oxygen atoms in total. The molecule has 0 atom stereocenters. The first-order valence-corrected chi connectivity index (χ1v) is 10.0. The molecule has 0 radical (unpaired) electrons. The second kappa shape index (κ2) is 7.85. The van der Waals surface area contributed by atoms with Crippen molar-refractivity contribution in [3.05, 3.63) is 64.7 Å². The molecule has 4 rings (SSSR count). The molecule has 1 saturated heterocycles. The quantitative estimate of drug-likeness (QED) is 0.667. The molecule has 8 heteroatoms. The number of rotatable bonds is 3. The highest BCUT2D eigenvalue weighted by molar-refractivity contribution is 5.94. The van der Waals surface area contributed by atoms with Crippen LogP contribution in [0.25, 0.3) is 5.82 Å². The number of anilines is 1. The minimum atomic E-state index is -0.353. The summed E-state index contributed by atoms with van der Waals surface area (Å²) in [6.07, 6.45) is 1.77. The van der Waals surface area contributed by atoms with Crippen LogP contribution in [-0.4, -0.2) is 56.5 Å². The van der Waals surface area contributed by atoms with Crippen LogP contribution in [0.5, 0.6) is 0 Å². The molecular weight excluding hydrogens is 383 g/mol. The standard InChI is InChI=1S/C22H25FN6O/c1-14-5-6-18(11-19(14)23)22(30)28-9-7-27(8-10-28)20-12-21(26-17(4)25-20)29-13-24-15(2)16(29)3/h5-6,11-13H,7-10H2,1-4H3. The van der Waals surface area contributed by atoms with Crippen molar-refractivity contribution in [2.24, 2.45) is 0 Å². The summed E-state index contributed by atoms with van der Waals surface area (Å²) in [5.74, 6) is 1.80. The summed E-state index contributed by atoms with van der Waals surface area (Å²) in [6.45, 7) is 9.95. The fourth-order valence-corrected chi connectivity index (χ4v) is 3.60. The van der Waals surface area contributed by atoms with E-state index in [0.717, 1.165) is 23.0 Å². The summed E-state index contributed by atoms with van der Waals surface area (Å²) in [5.41, 5.74) is 2.93. The van der Waals surface area contributed by atoms with Crippen molar-refractivity contribution in [3.63, 3.8) is 0 Å². The summed E-state index contributed by atoms with van der Waals surface area (Å²) in [6, 6.07) is 6.60. The number of carbonyl (C=O) groups is 1. The molecule has 0 unspecified atom stereocenters. The van der Waals surface area contributed by atoms with E-state index < -0.39 is 0 Å². The van der Waals surface area contributed by atoms with E-state index in [2.05, 4.69) is 19.9 Å². The molecule has 0 spiro atoms. The first-order chi connectivity index (χ1) is 14.3. The second-order valence-electron chi connectivity index (χ2n) is 7.66. The van der Waals surface area contributed by atoms with Gasteiger partial charge in [0.05, 0.1) is 5.69 Å². The molecule has 1 aliphatic heterocycles. The molecule has 30 heavy (non-hydrogen) atoms. The van der Waals surface area contributed by atoms with Crippen LogP contribution < -0.4 is 4.90 Å². The summed E-state index contributed by atoms with van der Waals surface area (Å²) >= 11 is 0. The van der Waals surface area contributed by atoms with Gasteiger partial charge in [0.1, 0.15) is 29.6 Å². The van der Waals surface area contributed by atoms with E-state index in [1.165, 1.54) is 6.07 Å². The Kier molecular flexibility index (Phi) is 5.24. The topological polar surface area (TPSA) is 67.2 Å². The first kappa shape index (κ1) is 20.0. The van der Waals surface area contributed by atoms with Gasteiger partial charge in [0.2, 0.25) is 0 Å². The summed E-state index contributed by atoms with van der Waals surface area (Å²) in [7, 11) is 0. The molecule has 1 aromatic carbocycles. The monoisotopic (exact) mass is 408 g/mol. The Hall–Kier alpha value is -3.29. The van der Waals surface area contributed by atoms with Crippen LogP contribution in [0, 0.1) is 33.5 Å². The number of aromatic nitrogens is 4. The predicted molar refractivity (Wildman–Crippen MR) is 113 cm³/mol. The molecule has 1 amide bonds. The summed E-state index contributed by atoms with van der Waals surface area (Å²) in [4.78, 5) is 30.2. The van der Waals surface area contributed by atoms with E-state index in [1.807, 2.05) is 31.4 Å². The second-order valence-corrected chi connectivity index (χ2v) is 7.66. The third-order valence-electron chi connectivity index (χ3n) is 5.62. The lowest BCUT2D eigenvalue weighted by atomic mass is 10.1. The average molecular weight is 408 g/mol. The molecule has 0 bridgehead atoms. The number of hydrogen-bond donors (Lipinski definition) is 0. The van der Waals surface area contributed by atoms with Gasteiger partial charge in [-0.1, -0.05) is 6.07 Å². The molecule has 0 saturated carbocycles. The Bertz CT molecular complexity index is 1100. The maximum atomic E-state index is 13.8. The van der Waals surface area contributed by atoms with Gasteiger partial charge in [0.15, 0.2) is 0 Å². The fraction of sp³-hybridized carbons (Fsp3) is 0.364. The molecule has 0 aliphatic carbocycles. The summed E-state index contributed by atoms with van der Waals surface area (Å²) < 4.78 is 15.8. The van der Waals surface area contributed by atoms with Gasteiger partial charge in [-0.3, -0.25) is 9.36 Å². The van der Waals surface area contributed by atoms with Gasteiger partial charge in [-0.15, -0.1) is 0 Å². The Balaban J connectivity index is 1.49.